The van der Waals surface area contributed by atoms with Crippen molar-refractivity contribution in [1.82, 2.24) is 5.32 Å². The summed E-state index contributed by atoms with van der Waals surface area (Å²) in [5, 5.41) is 11.9. The van der Waals surface area contributed by atoms with Gasteiger partial charge in [-0.1, -0.05) is 12.1 Å². The third-order valence-electron chi connectivity index (χ3n) is 2.45. The fourth-order valence-corrected chi connectivity index (χ4v) is 1.54. The standard InChI is InChI=1S/C14H20FNO3/c1-14(2,3)19-13(18)16-8-11(9-17)10-4-6-12(15)7-5-10/h4-7,11,17H,8-9H2,1-3H3,(H,16,18)/t11-/m0/s1. The fourth-order valence-electron chi connectivity index (χ4n) is 1.54. The molecule has 0 radical (unpaired) electrons. The molecule has 1 aromatic rings. The monoisotopic (exact) mass is 269 g/mol. The first kappa shape index (κ1) is 15.4. The Morgan fingerprint density at radius 1 is 1.37 bits per heavy atom. The topological polar surface area (TPSA) is 58.6 Å². The highest BCUT2D eigenvalue weighted by Gasteiger charge is 2.18. The summed E-state index contributed by atoms with van der Waals surface area (Å²) in [6.07, 6.45) is -0.534. The molecule has 5 heteroatoms. The Morgan fingerprint density at radius 3 is 2.42 bits per heavy atom. The van der Waals surface area contributed by atoms with Crippen LogP contribution in [0.4, 0.5) is 9.18 Å². The quantitative estimate of drug-likeness (QED) is 0.882. The van der Waals surface area contributed by atoms with Gasteiger partial charge in [0.15, 0.2) is 0 Å². The maximum atomic E-state index is 12.8. The number of aliphatic hydroxyl groups excluding tert-OH is 1. The number of nitrogens with one attached hydrogen (secondary N) is 1. The first-order valence-corrected chi connectivity index (χ1v) is 6.15. The Hall–Kier alpha value is -1.62. The van der Waals surface area contributed by atoms with Gasteiger partial charge in [0.05, 0.1) is 6.61 Å². The van der Waals surface area contributed by atoms with E-state index in [4.69, 9.17) is 4.74 Å². The van der Waals surface area contributed by atoms with E-state index in [9.17, 15) is 14.3 Å². The number of hydrogen-bond acceptors (Lipinski definition) is 3. The maximum Gasteiger partial charge on any atom is 0.407 e. The molecule has 0 aliphatic heterocycles. The molecule has 0 spiro atoms. The zero-order valence-electron chi connectivity index (χ0n) is 11.4. The van der Waals surface area contributed by atoms with Crippen molar-refractivity contribution in [3.63, 3.8) is 0 Å². The number of amides is 1. The zero-order chi connectivity index (χ0) is 14.5. The van der Waals surface area contributed by atoms with E-state index in [2.05, 4.69) is 5.32 Å². The first-order valence-electron chi connectivity index (χ1n) is 6.15. The predicted octanol–water partition coefficient (Wildman–Crippen LogP) is 2.43. The Kier molecular flexibility index (Phi) is 5.30. The van der Waals surface area contributed by atoms with Gasteiger partial charge in [0, 0.05) is 12.5 Å². The second-order valence-electron chi connectivity index (χ2n) is 5.31. The van der Waals surface area contributed by atoms with E-state index in [-0.39, 0.29) is 24.9 Å². The molecule has 0 aliphatic carbocycles. The average Bonchev–Trinajstić information content (AvgIpc) is 2.29. The van der Waals surface area contributed by atoms with Crippen LogP contribution in [0.2, 0.25) is 0 Å². The summed E-state index contributed by atoms with van der Waals surface area (Å²) < 4.78 is 17.9. The lowest BCUT2D eigenvalue weighted by molar-refractivity contribution is 0.0521. The lowest BCUT2D eigenvalue weighted by Crippen LogP contribution is -2.35. The predicted molar refractivity (Wildman–Crippen MR) is 70.5 cm³/mol. The molecule has 4 nitrogen and oxygen atoms in total. The van der Waals surface area contributed by atoms with Crippen LogP contribution < -0.4 is 5.32 Å². The van der Waals surface area contributed by atoms with Crippen LogP contribution in [0.1, 0.15) is 32.3 Å². The minimum atomic E-state index is -0.561. The van der Waals surface area contributed by atoms with Gasteiger partial charge < -0.3 is 15.2 Å². The molecule has 106 valence electrons. The summed E-state index contributed by atoms with van der Waals surface area (Å²) in [6.45, 7) is 5.42. The highest BCUT2D eigenvalue weighted by atomic mass is 19.1. The summed E-state index contributed by atoms with van der Waals surface area (Å²) in [4.78, 5) is 11.5. The minimum absolute atomic E-state index is 0.137. The highest BCUT2D eigenvalue weighted by molar-refractivity contribution is 5.67. The molecule has 1 amide bonds. The number of carbonyl (C=O) groups is 1. The smallest absolute Gasteiger partial charge is 0.407 e. The van der Waals surface area contributed by atoms with Crippen molar-refractivity contribution < 1.29 is 19.0 Å². The number of aliphatic hydroxyl groups is 1. The third kappa shape index (κ3) is 5.70. The number of rotatable bonds is 4. The van der Waals surface area contributed by atoms with Crippen molar-refractivity contribution >= 4 is 6.09 Å². The normalized spacial score (nSPS) is 12.9. The van der Waals surface area contributed by atoms with Crippen molar-refractivity contribution in [3.8, 4) is 0 Å². The summed E-state index contributed by atoms with van der Waals surface area (Å²) in [5.74, 6) is -0.617. The first-order chi connectivity index (χ1) is 8.81. The van der Waals surface area contributed by atoms with Crippen LogP contribution in [0.5, 0.6) is 0 Å². The summed E-state index contributed by atoms with van der Waals surface area (Å²) >= 11 is 0. The van der Waals surface area contributed by atoms with Crippen LogP contribution in [0, 0.1) is 5.82 Å². The number of alkyl carbamates (subject to hydrolysis) is 1. The molecule has 1 aromatic carbocycles. The third-order valence-corrected chi connectivity index (χ3v) is 2.45. The van der Waals surface area contributed by atoms with Crippen molar-refractivity contribution in [1.29, 1.82) is 0 Å². The van der Waals surface area contributed by atoms with Crippen molar-refractivity contribution in [2.75, 3.05) is 13.2 Å². The summed E-state index contributed by atoms with van der Waals surface area (Å²) in [7, 11) is 0. The van der Waals surface area contributed by atoms with Crippen molar-refractivity contribution in [3.05, 3.63) is 35.6 Å². The van der Waals surface area contributed by atoms with Gasteiger partial charge in [0.2, 0.25) is 0 Å². The maximum absolute atomic E-state index is 12.8. The Bertz CT molecular complexity index is 412. The van der Waals surface area contributed by atoms with Crippen LogP contribution in [-0.4, -0.2) is 30.0 Å². The lowest BCUT2D eigenvalue weighted by atomic mass is 10.0. The molecule has 1 rings (SSSR count). The molecule has 2 N–H and O–H groups in total. The molecular formula is C14H20FNO3. The number of carbonyl (C=O) groups excluding carboxylic acids is 1. The van der Waals surface area contributed by atoms with Crippen LogP contribution in [0.15, 0.2) is 24.3 Å². The molecule has 0 saturated carbocycles. The Morgan fingerprint density at radius 2 is 1.95 bits per heavy atom. The van der Waals surface area contributed by atoms with Crippen molar-refractivity contribution in [2.24, 2.45) is 0 Å². The molecule has 0 aliphatic rings. The van der Waals surface area contributed by atoms with Crippen molar-refractivity contribution in [2.45, 2.75) is 32.3 Å². The van der Waals surface area contributed by atoms with Crippen LogP contribution in [0.3, 0.4) is 0 Å². The average molecular weight is 269 g/mol. The zero-order valence-corrected chi connectivity index (χ0v) is 11.4. The molecule has 0 bridgehead atoms. The van der Waals surface area contributed by atoms with Gasteiger partial charge in [-0.2, -0.15) is 0 Å². The molecule has 19 heavy (non-hydrogen) atoms. The fraction of sp³-hybridized carbons (Fsp3) is 0.500. The van der Waals surface area contributed by atoms with E-state index in [1.807, 2.05) is 0 Å². The number of hydrogen-bond donors (Lipinski definition) is 2. The second kappa shape index (κ2) is 6.52. The van der Waals surface area contributed by atoms with E-state index >= 15 is 0 Å². The molecule has 0 saturated heterocycles. The van der Waals surface area contributed by atoms with Crippen LogP contribution >= 0.6 is 0 Å². The second-order valence-corrected chi connectivity index (χ2v) is 5.31. The van der Waals surface area contributed by atoms with Gasteiger partial charge in [-0.3, -0.25) is 0 Å². The van der Waals surface area contributed by atoms with E-state index in [1.165, 1.54) is 12.1 Å². The summed E-state index contributed by atoms with van der Waals surface area (Å²) in [6, 6.07) is 5.83. The minimum Gasteiger partial charge on any atom is -0.444 e. The van der Waals surface area contributed by atoms with Gasteiger partial charge in [-0.05, 0) is 38.5 Å². The molecule has 0 aromatic heterocycles. The van der Waals surface area contributed by atoms with Gasteiger partial charge in [0.1, 0.15) is 11.4 Å². The van der Waals surface area contributed by atoms with E-state index in [0.29, 0.717) is 0 Å². The number of ether oxygens (including phenoxy) is 1. The molecule has 0 fully saturated rings. The van der Waals surface area contributed by atoms with Gasteiger partial charge >= 0.3 is 6.09 Å². The van der Waals surface area contributed by atoms with Crippen LogP contribution in [-0.2, 0) is 4.74 Å². The molecular weight excluding hydrogens is 249 g/mol. The largest absolute Gasteiger partial charge is 0.444 e. The van der Waals surface area contributed by atoms with Crippen LogP contribution in [0.25, 0.3) is 0 Å². The van der Waals surface area contributed by atoms with E-state index in [1.54, 1.807) is 32.9 Å². The Balaban J connectivity index is 2.54. The Labute approximate surface area is 112 Å². The van der Waals surface area contributed by atoms with Gasteiger partial charge in [-0.25, -0.2) is 9.18 Å². The SMILES string of the molecule is CC(C)(C)OC(=O)NC[C@@H](CO)c1ccc(F)cc1. The summed E-state index contributed by atoms with van der Waals surface area (Å²) in [5.41, 5.74) is 0.203. The number of halogens is 1. The number of benzene rings is 1. The van der Waals surface area contributed by atoms with Gasteiger partial charge in [-0.15, -0.1) is 0 Å². The van der Waals surface area contributed by atoms with E-state index < -0.39 is 11.7 Å². The highest BCUT2D eigenvalue weighted by Crippen LogP contribution is 2.15. The molecule has 0 unspecified atom stereocenters. The molecule has 0 heterocycles. The van der Waals surface area contributed by atoms with E-state index in [0.717, 1.165) is 5.56 Å². The van der Waals surface area contributed by atoms with Gasteiger partial charge in [0.25, 0.3) is 0 Å². The lowest BCUT2D eigenvalue weighted by Gasteiger charge is -2.21. The molecule has 1 atom stereocenters.